The summed E-state index contributed by atoms with van der Waals surface area (Å²) in [5.41, 5.74) is 8.37. The normalized spacial score (nSPS) is 20.0. The standard InChI is InChI=1S/C22H29N5O/c1-22(10-14-27(15-11-22)19-4-2-3-5-19)17-6-8-18(9-7-17)25-26-21(28)20-16-23-12-13-24-20/h6-9,12-13,16,19,25H,2-5,10-11,14-15H2,1H3,(H,26,28). The molecular weight excluding hydrogens is 350 g/mol. The average Bonchev–Trinajstić information content (AvgIpc) is 3.28. The van der Waals surface area contributed by atoms with Gasteiger partial charge in [-0.2, -0.15) is 0 Å². The van der Waals surface area contributed by atoms with E-state index in [4.69, 9.17) is 0 Å². The molecule has 4 rings (SSSR count). The number of aromatic nitrogens is 2. The zero-order chi connectivity index (χ0) is 19.4. The Morgan fingerprint density at radius 1 is 1.11 bits per heavy atom. The lowest BCUT2D eigenvalue weighted by molar-refractivity contribution is 0.0957. The second kappa shape index (κ2) is 8.27. The summed E-state index contributed by atoms with van der Waals surface area (Å²) in [6.07, 6.45) is 12.5. The van der Waals surface area contributed by atoms with Gasteiger partial charge in [0.25, 0.3) is 5.91 Å². The van der Waals surface area contributed by atoms with Crippen molar-refractivity contribution in [3.05, 3.63) is 54.1 Å². The lowest BCUT2D eigenvalue weighted by Gasteiger charge is -2.42. The Morgan fingerprint density at radius 3 is 2.46 bits per heavy atom. The number of carbonyl (C=O) groups is 1. The van der Waals surface area contributed by atoms with Crippen molar-refractivity contribution in [3.63, 3.8) is 0 Å². The Bertz CT molecular complexity index is 778. The van der Waals surface area contributed by atoms with E-state index >= 15 is 0 Å². The molecule has 1 saturated heterocycles. The van der Waals surface area contributed by atoms with Gasteiger partial charge in [0.15, 0.2) is 0 Å². The highest BCUT2D eigenvalue weighted by atomic mass is 16.2. The molecule has 1 amide bonds. The first-order chi connectivity index (χ1) is 13.6. The van der Waals surface area contributed by atoms with Crippen molar-refractivity contribution in [1.82, 2.24) is 20.3 Å². The third-order valence-corrected chi connectivity index (χ3v) is 6.44. The number of hydrogen-bond acceptors (Lipinski definition) is 5. The van der Waals surface area contributed by atoms with Crippen LogP contribution in [0.25, 0.3) is 0 Å². The van der Waals surface area contributed by atoms with Gasteiger partial charge in [0.1, 0.15) is 5.69 Å². The first-order valence-electron chi connectivity index (χ1n) is 10.3. The maximum Gasteiger partial charge on any atom is 0.289 e. The summed E-state index contributed by atoms with van der Waals surface area (Å²) in [6, 6.07) is 9.25. The molecule has 1 aliphatic heterocycles. The summed E-state index contributed by atoms with van der Waals surface area (Å²) in [5, 5.41) is 0. The quantitative estimate of drug-likeness (QED) is 0.778. The van der Waals surface area contributed by atoms with E-state index in [9.17, 15) is 4.79 Å². The number of carbonyl (C=O) groups excluding carboxylic acids is 1. The van der Waals surface area contributed by atoms with Crippen LogP contribution in [0, 0.1) is 0 Å². The maximum atomic E-state index is 12.0. The van der Waals surface area contributed by atoms with Crippen LogP contribution in [0.1, 0.15) is 61.5 Å². The Morgan fingerprint density at radius 2 is 1.82 bits per heavy atom. The zero-order valence-electron chi connectivity index (χ0n) is 16.5. The van der Waals surface area contributed by atoms with Gasteiger partial charge in [-0.15, -0.1) is 0 Å². The first-order valence-corrected chi connectivity index (χ1v) is 10.3. The van der Waals surface area contributed by atoms with Gasteiger partial charge in [0.05, 0.1) is 11.9 Å². The van der Waals surface area contributed by atoms with Crippen LogP contribution < -0.4 is 10.9 Å². The monoisotopic (exact) mass is 379 g/mol. The van der Waals surface area contributed by atoms with Crippen LogP contribution in [0.2, 0.25) is 0 Å². The van der Waals surface area contributed by atoms with E-state index in [1.165, 1.54) is 69.6 Å². The molecule has 1 saturated carbocycles. The van der Waals surface area contributed by atoms with Crippen LogP contribution in [-0.4, -0.2) is 39.9 Å². The van der Waals surface area contributed by atoms with E-state index < -0.39 is 0 Å². The number of nitrogens with zero attached hydrogens (tertiary/aromatic N) is 3. The van der Waals surface area contributed by atoms with Gasteiger partial charge in [-0.25, -0.2) is 4.98 Å². The summed E-state index contributed by atoms with van der Waals surface area (Å²) in [5.74, 6) is -0.302. The molecule has 0 bridgehead atoms. The number of anilines is 1. The molecule has 2 fully saturated rings. The number of likely N-dealkylation sites (tertiary alicyclic amines) is 1. The van der Waals surface area contributed by atoms with Crippen LogP contribution in [0.4, 0.5) is 5.69 Å². The SMILES string of the molecule is CC1(c2ccc(NNC(=O)c3cnccn3)cc2)CCN(C2CCCC2)CC1. The number of rotatable bonds is 5. The predicted molar refractivity (Wildman–Crippen MR) is 110 cm³/mol. The van der Waals surface area contributed by atoms with Crippen molar-refractivity contribution in [1.29, 1.82) is 0 Å². The largest absolute Gasteiger partial charge is 0.300 e. The molecule has 1 aromatic carbocycles. The minimum absolute atomic E-state index is 0.233. The maximum absolute atomic E-state index is 12.0. The van der Waals surface area contributed by atoms with E-state index in [0.717, 1.165) is 11.7 Å². The highest BCUT2D eigenvalue weighted by Gasteiger charge is 2.34. The molecule has 148 valence electrons. The van der Waals surface area contributed by atoms with Crippen LogP contribution in [0.5, 0.6) is 0 Å². The van der Waals surface area contributed by atoms with Gasteiger partial charge in [-0.3, -0.25) is 20.6 Å². The van der Waals surface area contributed by atoms with Crippen LogP contribution >= 0.6 is 0 Å². The molecule has 6 nitrogen and oxygen atoms in total. The molecule has 1 aliphatic carbocycles. The number of piperidine rings is 1. The molecule has 2 heterocycles. The highest BCUT2D eigenvalue weighted by molar-refractivity contribution is 5.92. The fourth-order valence-electron chi connectivity index (χ4n) is 4.51. The van der Waals surface area contributed by atoms with Crippen molar-refractivity contribution in [2.24, 2.45) is 0 Å². The molecule has 28 heavy (non-hydrogen) atoms. The number of nitrogens with one attached hydrogen (secondary N) is 2. The van der Waals surface area contributed by atoms with E-state index in [1.807, 2.05) is 12.1 Å². The van der Waals surface area contributed by atoms with Crippen molar-refractivity contribution in [3.8, 4) is 0 Å². The Labute approximate surface area is 166 Å². The van der Waals surface area contributed by atoms with Gasteiger partial charge in [0.2, 0.25) is 0 Å². The molecule has 2 aromatic rings. The molecule has 6 heteroatoms. The average molecular weight is 380 g/mol. The van der Waals surface area contributed by atoms with Gasteiger partial charge < -0.3 is 4.90 Å². The van der Waals surface area contributed by atoms with Gasteiger partial charge in [-0.1, -0.05) is 31.9 Å². The second-order valence-electron chi connectivity index (χ2n) is 8.28. The minimum atomic E-state index is -0.302. The number of hydrogen-bond donors (Lipinski definition) is 2. The second-order valence-corrected chi connectivity index (χ2v) is 8.28. The molecule has 0 unspecified atom stereocenters. The number of hydrazine groups is 1. The zero-order valence-corrected chi connectivity index (χ0v) is 16.5. The lowest BCUT2D eigenvalue weighted by Crippen LogP contribution is -2.45. The Hall–Kier alpha value is -2.47. The third-order valence-electron chi connectivity index (χ3n) is 6.44. The molecular formula is C22H29N5O. The first kappa shape index (κ1) is 18.9. The van der Waals surface area contributed by atoms with E-state index in [1.54, 1.807) is 6.20 Å². The molecule has 0 radical (unpaired) electrons. The summed E-state index contributed by atoms with van der Waals surface area (Å²) in [4.78, 5) is 22.7. The summed E-state index contributed by atoms with van der Waals surface area (Å²) < 4.78 is 0. The lowest BCUT2D eigenvalue weighted by atomic mass is 9.74. The van der Waals surface area contributed by atoms with Crippen molar-refractivity contribution in [2.45, 2.75) is 56.9 Å². The Kier molecular flexibility index (Phi) is 5.57. The molecule has 1 aromatic heterocycles. The van der Waals surface area contributed by atoms with Crippen molar-refractivity contribution >= 4 is 11.6 Å². The predicted octanol–water partition coefficient (Wildman–Crippen LogP) is 3.53. The van der Waals surface area contributed by atoms with E-state index in [-0.39, 0.29) is 17.0 Å². The Balaban J connectivity index is 1.32. The van der Waals surface area contributed by atoms with Crippen LogP contribution in [0.3, 0.4) is 0 Å². The van der Waals surface area contributed by atoms with Crippen LogP contribution in [0.15, 0.2) is 42.9 Å². The highest BCUT2D eigenvalue weighted by Crippen LogP contribution is 2.37. The number of amides is 1. The van der Waals surface area contributed by atoms with Gasteiger partial charge in [-0.05, 0) is 61.9 Å². The fourth-order valence-corrected chi connectivity index (χ4v) is 4.51. The third kappa shape index (κ3) is 4.17. The van der Waals surface area contributed by atoms with Gasteiger partial charge >= 0.3 is 0 Å². The van der Waals surface area contributed by atoms with E-state index in [2.05, 4.69) is 44.8 Å². The topological polar surface area (TPSA) is 70.1 Å². The van der Waals surface area contributed by atoms with Crippen LogP contribution in [-0.2, 0) is 5.41 Å². The summed E-state index contributed by atoms with van der Waals surface area (Å²) in [6.45, 7) is 4.79. The van der Waals surface area contributed by atoms with Crippen molar-refractivity contribution in [2.75, 3.05) is 18.5 Å². The van der Waals surface area contributed by atoms with Crippen molar-refractivity contribution < 1.29 is 4.79 Å². The molecule has 2 aliphatic rings. The van der Waals surface area contributed by atoms with Gasteiger partial charge in [0, 0.05) is 18.4 Å². The molecule has 2 N–H and O–H groups in total. The minimum Gasteiger partial charge on any atom is -0.300 e. The summed E-state index contributed by atoms with van der Waals surface area (Å²) in [7, 11) is 0. The van der Waals surface area contributed by atoms with E-state index in [0.29, 0.717) is 0 Å². The summed E-state index contributed by atoms with van der Waals surface area (Å²) >= 11 is 0. The number of benzene rings is 1. The molecule has 0 atom stereocenters. The smallest absolute Gasteiger partial charge is 0.289 e. The molecule has 0 spiro atoms. The fraction of sp³-hybridized carbons (Fsp3) is 0.500.